The highest BCUT2D eigenvalue weighted by Gasteiger charge is 2.26. The number of benzene rings is 2. The van der Waals surface area contributed by atoms with Gasteiger partial charge in [0.2, 0.25) is 5.91 Å². The van der Waals surface area contributed by atoms with Crippen LogP contribution in [0.5, 0.6) is 0 Å². The molecule has 0 saturated heterocycles. The van der Waals surface area contributed by atoms with Gasteiger partial charge in [0.1, 0.15) is 11.6 Å². The Labute approximate surface area is 204 Å². The number of aryl methyl sites for hydroxylation is 2. The number of hydrogen-bond acceptors (Lipinski definition) is 4. The van der Waals surface area contributed by atoms with Crippen LogP contribution in [0.1, 0.15) is 53.8 Å². The SMILES string of the molecule is CCc1ccc2c(c1)[C@H](NC[C@@H](O)[C@H](Cc1cc(F)cc(F)c1)NC(=O)Cc1cnc[nH]1)CCC2. The van der Waals surface area contributed by atoms with Gasteiger partial charge >= 0.3 is 0 Å². The molecule has 3 atom stereocenters. The fourth-order valence-electron chi connectivity index (χ4n) is 4.76. The van der Waals surface area contributed by atoms with E-state index in [1.807, 2.05) is 0 Å². The van der Waals surface area contributed by atoms with E-state index in [0.717, 1.165) is 31.7 Å². The summed E-state index contributed by atoms with van der Waals surface area (Å²) in [6.07, 6.45) is 6.23. The van der Waals surface area contributed by atoms with Gasteiger partial charge in [-0.15, -0.1) is 0 Å². The van der Waals surface area contributed by atoms with E-state index in [1.165, 1.54) is 35.2 Å². The standard InChI is InChI=1S/C27H32F2N4O2/c1-2-17-6-7-19-4-3-5-24(23(19)10-17)31-15-26(34)25(11-18-8-20(28)12-21(29)9-18)33-27(35)13-22-14-30-16-32-22/h6-10,12,14,16,24-26,31,34H,2-5,11,13,15H2,1H3,(H,30,32)(H,33,35)/t24-,25+,26-/m1/s1. The first kappa shape index (κ1) is 25.0. The first-order valence-corrected chi connectivity index (χ1v) is 12.2. The van der Waals surface area contributed by atoms with Gasteiger partial charge in [-0.25, -0.2) is 13.8 Å². The summed E-state index contributed by atoms with van der Waals surface area (Å²) < 4.78 is 27.5. The third-order valence-electron chi connectivity index (χ3n) is 6.60. The van der Waals surface area contributed by atoms with Crippen molar-refractivity contribution in [2.24, 2.45) is 0 Å². The Bertz CT molecular complexity index is 1120. The molecule has 0 unspecified atom stereocenters. The van der Waals surface area contributed by atoms with Crippen LogP contribution in [-0.4, -0.2) is 39.7 Å². The molecule has 4 rings (SSSR count). The number of aromatic amines is 1. The van der Waals surface area contributed by atoms with Gasteiger partial charge in [-0.2, -0.15) is 0 Å². The Kier molecular flexibility index (Phi) is 8.25. The van der Waals surface area contributed by atoms with Gasteiger partial charge in [0, 0.05) is 30.5 Å². The topological polar surface area (TPSA) is 90.0 Å². The highest BCUT2D eigenvalue weighted by molar-refractivity contribution is 5.78. The molecule has 1 aliphatic rings. The number of nitrogens with one attached hydrogen (secondary N) is 3. The van der Waals surface area contributed by atoms with Crippen LogP contribution >= 0.6 is 0 Å². The molecule has 0 spiro atoms. The minimum atomic E-state index is -0.966. The Morgan fingerprint density at radius 2 is 2.00 bits per heavy atom. The molecule has 186 valence electrons. The second-order valence-electron chi connectivity index (χ2n) is 9.22. The van der Waals surface area contributed by atoms with Crippen molar-refractivity contribution < 1.29 is 18.7 Å². The van der Waals surface area contributed by atoms with E-state index in [-0.39, 0.29) is 31.3 Å². The van der Waals surface area contributed by atoms with Crippen LogP contribution in [0, 0.1) is 11.6 Å². The van der Waals surface area contributed by atoms with Crippen LogP contribution in [0.3, 0.4) is 0 Å². The minimum Gasteiger partial charge on any atom is -0.390 e. The van der Waals surface area contributed by atoms with E-state index in [9.17, 15) is 18.7 Å². The average Bonchev–Trinajstić information content (AvgIpc) is 3.34. The van der Waals surface area contributed by atoms with E-state index in [1.54, 1.807) is 6.20 Å². The molecule has 0 bridgehead atoms. The number of H-pyrrole nitrogens is 1. The number of amides is 1. The molecule has 0 saturated carbocycles. The molecule has 1 aliphatic carbocycles. The highest BCUT2D eigenvalue weighted by atomic mass is 19.1. The van der Waals surface area contributed by atoms with Gasteiger partial charge in [0.05, 0.1) is 24.9 Å². The zero-order valence-corrected chi connectivity index (χ0v) is 19.9. The molecule has 0 fully saturated rings. The summed E-state index contributed by atoms with van der Waals surface area (Å²) in [5, 5.41) is 17.4. The van der Waals surface area contributed by atoms with Gasteiger partial charge in [0.15, 0.2) is 0 Å². The van der Waals surface area contributed by atoms with Crippen LogP contribution in [0.15, 0.2) is 48.9 Å². The molecule has 1 amide bonds. The van der Waals surface area contributed by atoms with Gasteiger partial charge in [-0.3, -0.25) is 4.79 Å². The first-order valence-electron chi connectivity index (χ1n) is 12.2. The van der Waals surface area contributed by atoms with Gasteiger partial charge < -0.3 is 20.7 Å². The normalized spacial score (nSPS) is 17.0. The molecule has 0 aliphatic heterocycles. The first-order chi connectivity index (χ1) is 16.9. The molecular weight excluding hydrogens is 450 g/mol. The fraction of sp³-hybridized carbons (Fsp3) is 0.407. The van der Waals surface area contributed by atoms with Crippen LogP contribution in [0.4, 0.5) is 8.78 Å². The lowest BCUT2D eigenvalue weighted by molar-refractivity contribution is -0.122. The van der Waals surface area contributed by atoms with Crippen molar-refractivity contribution in [1.82, 2.24) is 20.6 Å². The number of nitrogens with zero attached hydrogens (tertiary/aromatic N) is 1. The molecule has 0 radical (unpaired) electrons. The van der Waals surface area contributed by atoms with Crippen molar-refractivity contribution in [3.63, 3.8) is 0 Å². The largest absolute Gasteiger partial charge is 0.390 e. The Morgan fingerprint density at radius 1 is 1.20 bits per heavy atom. The zero-order valence-electron chi connectivity index (χ0n) is 19.9. The van der Waals surface area contributed by atoms with Gasteiger partial charge in [-0.05, 0) is 66.5 Å². The van der Waals surface area contributed by atoms with E-state index in [0.29, 0.717) is 11.3 Å². The van der Waals surface area contributed by atoms with E-state index in [2.05, 4.69) is 45.7 Å². The molecule has 1 aromatic heterocycles. The number of hydrogen-bond donors (Lipinski definition) is 4. The molecule has 35 heavy (non-hydrogen) atoms. The molecular formula is C27H32F2N4O2. The van der Waals surface area contributed by atoms with Gasteiger partial charge in [0.25, 0.3) is 0 Å². The number of rotatable bonds is 10. The van der Waals surface area contributed by atoms with Crippen molar-refractivity contribution >= 4 is 5.91 Å². The maximum absolute atomic E-state index is 13.8. The number of carbonyl (C=O) groups excluding carboxylic acids is 1. The minimum absolute atomic E-state index is 0.0595. The summed E-state index contributed by atoms with van der Waals surface area (Å²) in [5.74, 6) is -1.70. The number of halogens is 2. The predicted octanol–water partition coefficient (Wildman–Crippen LogP) is 3.55. The maximum Gasteiger partial charge on any atom is 0.226 e. The number of aromatic nitrogens is 2. The molecule has 6 nitrogen and oxygen atoms in total. The van der Waals surface area contributed by atoms with Crippen molar-refractivity contribution in [3.05, 3.63) is 88.5 Å². The summed E-state index contributed by atoms with van der Waals surface area (Å²) >= 11 is 0. The number of imidazole rings is 1. The molecule has 8 heteroatoms. The summed E-state index contributed by atoms with van der Waals surface area (Å²) in [6.45, 7) is 2.36. The molecule has 2 aromatic carbocycles. The van der Waals surface area contributed by atoms with Crippen molar-refractivity contribution in [2.45, 2.75) is 63.6 Å². The lowest BCUT2D eigenvalue weighted by atomic mass is 9.86. The quantitative estimate of drug-likeness (QED) is 0.356. The Morgan fingerprint density at radius 3 is 2.71 bits per heavy atom. The lowest BCUT2D eigenvalue weighted by Crippen LogP contribution is -2.49. The number of fused-ring (bicyclic) bond motifs is 1. The van der Waals surface area contributed by atoms with E-state index < -0.39 is 23.8 Å². The molecule has 1 heterocycles. The van der Waals surface area contributed by atoms with E-state index >= 15 is 0 Å². The number of aliphatic hydroxyl groups excluding tert-OH is 1. The summed E-state index contributed by atoms with van der Waals surface area (Å²) in [6, 6.07) is 9.21. The van der Waals surface area contributed by atoms with Crippen LogP contribution in [-0.2, 0) is 30.5 Å². The Hall–Kier alpha value is -3.10. The third kappa shape index (κ3) is 6.74. The number of carbonyl (C=O) groups is 1. The molecule has 4 N–H and O–H groups in total. The Balaban J connectivity index is 1.46. The van der Waals surface area contributed by atoms with Crippen LogP contribution in [0.2, 0.25) is 0 Å². The maximum atomic E-state index is 13.8. The van der Waals surface area contributed by atoms with Crippen LogP contribution in [0.25, 0.3) is 0 Å². The lowest BCUT2D eigenvalue weighted by Gasteiger charge is -2.30. The monoisotopic (exact) mass is 482 g/mol. The summed E-state index contributed by atoms with van der Waals surface area (Å²) in [4.78, 5) is 19.4. The van der Waals surface area contributed by atoms with Crippen molar-refractivity contribution in [3.8, 4) is 0 Å². The zero-order chi connectivity index (χ0) is 24.8. The summed E-state index contributed by atoms with van der Waals surface area (Å²) in [7, 11) is 0. The average molecular weight is 483 g/mol. The fourth-order valence-corrected chi connectivity index (χ4v) is 4.76. The predicted molar refractivity (Wildman–Crippen MR) is 130 cm³/mol. The third-order valence-corrected chi connectivity index (χ3v) is 6.60. The number of aliphatic hydroxyl groups is 1. The van der Waals surface area contributed by atoms with Crippen molar-refractivity contribution in [2.75, 3.05) is 6.54 Å². The smallest absolute Gasteiger partial charge is 0.226 e. The molecule has 3 aromatic rings. The van der Waals surface area contributed by atoms with Crippen LogP contribution < -0.4 is 10.6 Å². The second-order valence-corrected chi connectivity index (χ2v) is 9.22. The summed E-state index contributed by atoms with van der Waals surface area (Å²) in [5.41, 5.74) is 4.85. The van der Waals surface area contributed by atoms with Gasteiger partial charge in [-0.1, -0.05) is 25.1 Å². The van der Waals surface area contributed by atoms with E-state index in [4.69, 9.17) is 0 Å². The van der Waals surface area contributed by atoms with Crippen molar-refractivity contribution in [1.29, 1.82) is 0 Å². The highest BCUT2D eigenvalue weighted by Crippen LogP contribution is 2.30. The second kappa shape index (κ2) is 11.6.